The highest BCUT2D eigenvalue weighted by Gasteiger charge is 2.31. The number of rotatable bonds is 4. The molecular weight excluding hydrogens is 470 g/mol. The van der Waals surface area contributed by atoms with E-state index >= 15 is 0 Å². The van der Waals surface area contributed by atoms with E-state index in [1.807, 2.05) is 13.8 Å². The molecule has 0 atom stereocenters. The minimum Gasteiger partial charge on any atom is -0.328 e. The van der Waals surface area contributed by atoms with Gasteiger partial charge in [-0.15, -0.1) is 0 Å². The highest BCUT2D eigenvalue weighted by Crippen LogP contribution is 2.33. The lowest BCUT2D eigenvalue weighted by Crippen LogP contribution is -2.48. The van der Waals surface area contributed by atoms with Gasteiger partial charge < -0.3 is 5.32 Å². The van der Waals surface area contributed by atoms with E-state index < -0.39 is 28.9 Å². The Kier molecular flexibility index (Phi) is 7.44. The van der Waals surface area contributed by atoms with Gasteiger partial charge >= 0.3 is 12.4 Å². The van der Waals surface area contributed by atoms with Crippen molar-refractivity contribution in [1.82, 2.24) is 10.7 Å². The number of allylic oxidation sites excluding steroid dienone is 3. The average molecular weight is 494 g/mol. The number of halogens is 6. The van der Waals surface area contributed by atoms with Crippen LogP contribution in [0.2, 0.25) is 0 Å². The molecule has 0 saturated heterocycles. The Labute approximate surface area is 198 Å². The molecule has 4 N–H and O–H groups in total. The van der Waals surface area contributed by atoms with Crippen molar-refractivity contribution in [3.63, 3.8) is 0 Å². The first-order chi connectivity index (χ1) is 16.3. The molecule has 2 aromatic rings. The zero-order valence-corrected chi connectivity index (χ0v) is 18.9. The molecule has 0 radical (unpaired) electrons. The van der Waals surface area contributed by atoms with Gasteiger partial charge in [0.25, 0.3) is 0 Å². The fourth-order valence-corrected chi connectivity index (χ4v) is 3.39. The molecule has 0 bridgehead atoms. The molecule has 1 aliphatic heterocycles. The van der Waals surface area contributed by atoms with Gasteiger partial charge in [0, 0.05) is 11.1 Å². The summed E-state index contributed by atoms with van der Waals surface area (Å²) < 4.78 is 77.1. The highest BCUT2D eigenvalue weighted by atomic mass is 19.4. The van der Waals surface area contributed by atoms with E-state index in [-0.39, 0.29) is 0 Å². The van der Waals surface area contributed by atoms with Crippen LogP contribution in [0.1, 0.15) is 36.1 Å². The third-order valence-corrected chi connectivity index (χ3v) is 5.36. The summed E-state index contributed by atoms with van der Waals surface area (Å²) in [5, 5.41) is 3.12. The van der Waals surface area contributed by atoms with Crippen molar-refractivity contribution in [2.75, 3.05) is 6.54 Å². The van der Waals surface area contributed by atoms with Gasteiger partial charge in [0.1, 0.15) is 0 Å². The zero-order chi connectivity index (χ0) is 25.9. The van der Waals surface area contributed by atoms with Crippen molar-refractivity contribution in [3.8, 4) is 0 Å². The van der Waals surface area contributed by atoms with Crippen LogP contribution in [0, 0.1) is 5.41 Å². The standard InChI is InChI=1S/C25H24F6N4/c1-23(2)15-33-22(35-32)34-21(23)18(9-3-16-5-11-19(12-6-16)24(26,27)28)10-4-17-7-13-20(14-8-17)25(29,30)31/h3-14H,15,32H2,1-2H3,(H2,33,34,35). The van der Waals surface area contributed by atoms with Crippen LogP contribution in [0.4, 0.5) is 26.3 Å². The molecule has 1 aliphatic rings. The molecule has 0 aromatic heterocycles. The molecule has 186 valence electrons. The normalized spacial score (nSPS) is 16.4. The Hall–Kier alpha value is -3.53. The molecule has 4 nitrogen and oxygen atoms in total. The molecule has 35 heavy (non-hydrogen) atoms. The van der Waals surface area contributed by atoms with Crippen molar-refractivity contribution in [3.05, 3.63) is 94.2 Å². The third-order valence-electron chi connectivity index (χ3n) is 5.36. The SMILES string of the molecule is CC1(C)CN=C(NN)NC1=C(C=Cc1ccc(C(F)(F)F)cc1)C=Cc1ccc(C(F)(F)F)cc1. The van der Waals surface area contributed by atoms with Gasteiger partial charge in [-0.05, 0) is 41.0 Å². The number of alkyl halides is 6. The van der Waals surface area contributed by atoms with E-state index in [9.17, 15) is 26.3 Å². The first-order valence-electron chi connectivity index (χ1n) is 10.5. The molecule has 0 unspecified atom stereocenters. The average Bonchev–Trinajstić information content (AvgIpc) is 2.79. The van der Waals surface area contributed by atoms with Gasteiger partial charge in [0.15, 0.2) is 0 Å². The molecular formula is C25H24F6N4. The minimum atomic E-state index is -4.43. The Morgan fingerprint density at radius 3 is 1.66 bits per heavy atom. The summed E-state index contributed by atoms with van der Waals surface area (Å²) in [6.45, 7) is 4.30. The van der Waals surface area contributed by atoms with Crippen LogP contribution in [0.3, 0.4) is 0 Å². The monoisotopic (exact) mass is 494 g/mol. The van der Waals surface area contributed by atoms with E-state index in [4.69, 9.17) is 5.84 Å². The second-order valence-corrected chi connectivity index (χ2v) is 8.55. The number of hydrogen-bond acceptors (Lipinski definition) is 4. The van der Waals surface area contributed by atoms with Gasteiger partial charge in [-0.3, -0.25) is 10.4 Å². The summed E-state index contributed by atoms with van der Waals surface area (Å²) in [7, 11) is 0. The summed E-state index contributed by atoms with van der Waals surface area (Å²) in [4.78, 5) is 4.31. The lowest BCUT2D eigenvalue weighted by Gasteiger charge is -2.33. The number of aliphatic imine (C=N–C) groups is 1. The molecule has 0 saturated carbocycles. The number of hydrogen-bond donors (Lipinski definition) is 3. The predicted molar refractivity (Wildman–Crippen MR) is 125 cm³/mol. The van der Waals surface area contributed by atoms with Crippen LogP contribution >= 0.6 is 0 Å². The van der Waals surface area contributed by atoms with Gasteiger partial charge in [-0.1, -0.05) is 62.4 Å². The van der Waals surface area contributed by atoms with Crippen LogP contribution in [0.5, 0.6) is 0 Å². The largest absolute Gasteiger partial charge is 0.416 e. The number of nitrogens with two attached hydrogens (primary N) is 1. The van der Waals surface area contributed by atoms with E-state index in [0.29, 0.717) is 29.2 Å². The van der Waals surface area contributed by atoms with Gasteiger partial charge in [-0.25, -0.2) is 5.84 Å². The number of nitrogens with zero attached hydrogens (tertiary/aromatic N) is 1. The summed E-state index contributed by atoms with van der Waals surface area (Å²) in [5.74, 6) is 5.83. The molecule has 0 fully saturated rings. The van der Waals surface area contributed by atoms with Crippen molar-refractivity contribution >= 4 is 18.1 Å². The summed E-state index contributed by atoms with van der Waals surface area (Å²) in [6, 6.07) is 9.41. The number of hydrazine groups is 1. The highest BCUT2D eigenvalue weighted by molar-refractivity contribution is 5.83. The Morgan fingerprint density at radius 1 is 0.857 bits per heavy atom. The van der Waals surface area contributed by atoms with Crippen LogP contribution in [-0.4, -0.2) is 12.5 Å². The van der Waals surface area contributed by atoms with Crippen LogP contribution < -0.4 is 16.6 Å². The second kappa shape index (κ2) is 9.99. The molecule has 10 heteroatoms. The number of benzene rings is 2. The molecule has 2 aromatic carbocycles. The fraction of sp³-hybridized carbons (Fsp3) is 0.240. The van der Waals surface area contributed by atoms with Crippen molar-refractivity contribution in [2.45, 2.75) is 26.2 Å². The molecule has 0 spiro atoms. The predicted octanol–water partition coefficient (Wildman–Crippen LogP) is 6.15. The number of guanidine groups is 1. The summed E-state index contributed by atoms with van der Waals surface area (Å²) >= 11 is 0. The molecule has 1 heterocycles. The second-order valence-electron chi connectivity index (χ2n) is 8.55. The topological polar surface area (TPSA) is 62.4 Å². The van der Waals surface area contributed by atoms with E-state index in [0.717, 1.165) is 30.0 Å². The van der Waals surface area contributed by atoms with Gasteiger partial charge in [0.05, 0.1) is 17.7 Å². The lowest BCUT2D eigenvalue weighted by molar-refractivity contribution is -0.138. The fourth-order valence-electron chi connectivity index (χ4n) is 3.39. The van der Waals surface area contributed by atoms with Gasteiger partial charge in [-0.2, -0.15) is 26.3 Å². The van der Waals surface area contributed by atoms with Crippen LogP contribution in [0.25, 0.3) is 12.2 Å². The Bertz CT molecular complexity index is 1080. The molecule has 3 rings (SSSR count). The quantitative estimate of drug-likeness (QED) is 0.271. The van der Waals surface area contributed by atoms with Gasteiger partial charge in [0.2, 0.25) is 5.96 Å². The summed E-state index contributed by atoms with van der Waals surface area (Å²) in [6.07, 6.45) is -2.13. The smallest absolute Gasteiger partial charge is 0.328 e. The maximum absolute atomic E-state index is 12.9. The van der Waals surface area contributed by atoms with E-state index in [2.05, 4.69) is 15.7 Å². The van der Waals surface area contributed by atoms with Crippen molar-refractivity contribution < 1.29 is 26.3 Å². The van der Waals surface area contributed by atoms with Crippen LogP contribution in [0.15, 0.2) is 76.9 Å². The van der Waals surface area contributed by atoms with Crippen molar-refractivity contribution in [2.24, 2.45) is 16.3 Å². The van der Waals surface area contributed by atoms with E-state index in [1.54, 1.807) is 24.3 Å². The van der Waals surface area contributed by atoms with Crippen molar-refractivity contribution in [1.29, 1.82) is 0 Å². The molecule has 0 aliphatic carbocycles. The maximum Gasteiger partial charge on any atom is 0.416 e. The molecule has 0 amide bonds. The first kappa shape index (κ1) is 26.1. The Balaban J connectivity index is 1.98. The first-order valence-corrected chi connectivity index (χ1v) is 10.5. The summed E-state index contributed by atoms with van der Waals surface area (Å²) in [5.41, 5.74) is 2.96. The van der Waals surface area contributed by atoms with E-state index in [1.165, 1.54) is 24.3 Å². The third kappa shape index (κ3) is 6.75. The number of nitrogens with one attached hydrogen (secondary N) is 2. The zero-order valence-electron chi connectivity index (χ0n) is 18.9. The van der Waals surface area contributed by atoms with Crippen LogP contribution in [-0.2, 0) is 12.4 Å². The Morgan fingerprint density at radius 2 is 1.29 bits per heavy atom. The maximum atomic E-state index is 12.9. The lowest BCUT2D eigenvalue weighted by atomic mass is 9.84. The minimum absolute atomic E-state index is 0.336.